The third-order valence-corrected chi connectivity index (χ3v) is 12.0. The zero-order chi connectivity index (χ0) is 43.7. The van der Waals surface area contributed by atoms with Gasteiger partial charge < -0.3 is 39.3 Å². The normalized spacial score (nSPS) is 22.9. The summed E-state index contributed by atoms with van der Waals surface area (Å²) in [6.07, 6.45) is 10.4. The van der Waals surface area contributed by atoms with E-state index in [9.17, 15) is 19.8 Å². The second-order valence-electron chi connectivity index (χ2n) is 16.1. The Bertz CT molecular complexity index is 1990. The van der Waals surface area contributed by atoms with Gasteiger partial charge in [0.25, 0.3) is 0 Å². The van der Waals surface area contributed by atoms with Gasteiger partial charge >= 0.3 is 12.2 Å². The molecule has 0 aromatic heterocycles. The molecule has 3 aromatic carbocycles. The van der Waals surface area contributed by atoms with Crippen LogP contribution in [0.5, 0.6) is 11.5 Å². The van der Waals surface area contributed by atoms with Crippen LogP contribution in [0.25, 0.3) is 0 Å². The summed E-state index contributed by atoms with van der Waals surface area (Å²) in [6, 6.07) is 24.2. The van der Waals surface area contributed by atoms with Gasteiger partial charge in [0, 0.05) is 44.2 Å². The fourth-order valence-electron chi connectivity index (χ4n) is 9.31. The Hall–Kier alpha value is -5.43. The van der Waals surface area contributed by atoms with Crippen LogP contribution in [0.4, 0.5) is 9.59 Å². The summed E-state index contributed by atoms with van der Waals surface area (Å²) < 4.78 is 26.1. The third-order valence-electron chi connectivity index (χ3n) is 12.0. The summed E-state index contributed by atoms with van der Waals surface area (Å²) in [5.41, 5.74) is 4.33. The second-order valence-corrected chi connectivity index (χ2v) is 16.1. The van der Waals surface area contributed by atoms with Crippen molar-refractivity contribution in [3.05, 3.63) is 133 Å². The molecule has 1 fully saturated rings. The Morgan fingerprint density at radius 3 is 2.37 bits per heavy atom. The van der Waals surface area contributed by atoms with Crippen LogP contribution in [0, 0.1) is 17.8 Å². The van der Waals surface area contributed by atoms with Gasteiger partial charge in [-0.2, -0.15) is 0 Å². The Balaban J connectivity index is 1.52. The molecule has 2 amide bonds. The summed E-state index contributed by atoms with van der Waals surface area (Å²) in [4.78, 5) is 35.4. The molecular formula is C50H63N3O9. The number of aliphatic hydroxyl groups is 2. The predicted molar refractivity (Wildman–Crippen MR) is 239 cm³/mol. The molecule has 12 heteroatoms. The van der Waals surface area contributed by atoms with Gasteiger partial charge in [-0.15, -0.1) is 13.2 Å². The van der Waals surface area contributed by atoms with E-state index in [0.717, 1.165) is 47.9 Å². The van der Waals surface area contributed by atoms with Gasteiger partial charge in [-0.05, 0) is 85.3 Å². The van der Waals surface area contributed by atoms with Crippen molar-refractivity contribution in [1.82, 2.24) is 10.2 Å². The first-order valence-corrected chi connectivity index (χ1v) is 22.2. The number of nitrogens with zero attached hydrogens (tertiary/aromatic N) is 2. The lowest BCUT2D eigenvalue weighted by Crippen LogP contribution is -2.70. The number of amides is 2. The molecular weight excluding hydrogens is 787 g/mol. The van der Waals surface area contributed by atoms with E-state index < -0.39 is 29.9 Å². The van der Waals surface area contributed by atoms with Crippen molar-refractivity contribution in [2.24, 2.45) is 22.9 Å². The highest BCUT2D eigenvalue weighted by Crippen LogP contribution is 2.62. The van der Waals surface area contributed by atoms with Crippen LogP contribution in [0.3, 0.4) is 0 Å². The van der Waals surface area contributed by atoms with E-state index >= 15 is 0 Å². The summed E-state index contributed by atoms with van der Waals surface area (Å²) in [7, 11) is 0. The molecule has 0 bridgehead atoms. The number of hydrogen-bond donors (Lipinski definition) is 3. The zero-order valence-corrected chi connectivity index (χ0v) is 36.0. The Morgan fingerprint density at radius 1 is 0.952 bits per heavy atom. The molecule has 332 valence electrons. The average Bonchev–Trinajstić information content (AvgIpc) is 3.29. The number of hydrogen-bond acceptors (Lipinski definition) is 10. The molecule has 6 unspecified atom stereocenters. The number of ether oxygens (including phenoxy) is 4. The predicted octanol–water partition coefficient (Wildman–Crippen LogP) is 9.23. The first-order valence-electron chi connectivity index (χ1n) is 22.2. The van der Waals surface area contributed by atoms with Crippen molar-refractivity contribution in [3.8, 4) is 11.5 Å². The van der Waals surface area contributed by atoms with Crippen LogP contribution in [0.1, 0.15) is 87.3 Å². The fourth-order valence-corrected chi connectivity index (χ4v) is 9.31. The first-order chi connectivity index (χ1) is 30.4. The zero-order valence-electron chi connectivity index (χ0n) is 36.0. The number of carbonyl (C=O) groups is 2. The molecule has 12 nitrogen and oxygen atoms in total. The first kappa shape index (κ1) is 46.1. The molecule has 3 aliphatic rings. The van der Waals surface area contributed by atoms with E-state index in [0.29, 0.717) is 56.0 Å². The summed E-state index contributed by atoms with van der Waals surface area (Å²) in [5.74, 6) is -1.33. The lowest BCUT2D eigenvalue weighted by Gasteiger charge is -2.59. The SMILES string of the molecule is C=CCCOC(=O)N(CCC)C1CC(=NOCc2ccccc2)C2=CC(CCCCO)C(CCCCO)C3c4cc(OC(=O)NCc5ccccc5)ccc4OC1(OCC=C)C23. The Labute approximate surface area is 366 Å². The quantitative estimate of drug-likeness (QED) is 0.0483. The minimum atomic E-state index is -1.44. The Kier molecular flexibility index (Phi) is 17.2. The van der Waals surface area contributed by atoms with E-state index in [1.807, 2.05) is 79.7 Å². The van der Waals surface area contributed by atoms with E-state index in [1.165, 1.54) is 0 Å². The minimum Gasteiger partial charge on any atom is -0.459 e. The lowest BCUT2D eigenvalue weighted by atomic mass is 9.55. The second kappa shape index (κ2) is 23.1. The van der Waals surface area contributed by atoms with Crippen LogP contribution >= 0.6 is 0 Å². The maximum absolute atomic E-state index is 14.3. The average molecular weight is 850 g/mol. The molecule has 0 spiro atoms. The molecule has 6 rings (SSSR count). The summed E-state index contributed by atoms with van der Waals surface area (Å²) >= 11 is 0. The molecule has 1 heterocycles. The largest absolute Gasteiger partial charge is 0.459 e. The summed E-state index contributed by atoms with van der Waals surface area (Å²) in [5, 5.41) is 27.6. The van der Waals surface area contributed by atoms with Crippen molar-refractivity contribution in [2.45, 2.75) is 95.6 Å². The van der Waals surface area contributed by atoms with Crippen molar-refractivity contribution < 1.29 is 43.6 Å². The number of fused-ring (bicyclic) bond motifs is 2. The van der Waals surface area contributed by atoms with E-state index in [4.69, 9.17) is 28.9 Å². The highest BCUT2D eigenvalue weighted by Gasteiger charge is 2.65. The highest BCUT2D eigenvalue weighted by molar-refractivity contribution is 6.03. The fraction of sp³-hybridized carbons (Fsp3) is 0.460. The molecule has 1 aliphatic heterocycles. The molecule has 6 atom stereocenters. The molecule has 2 aliphatic carbocycles. The molecule has 1 saturated carbocycles. The van der Waals surface area contributed by atoms with Crippen LogP contribution in [0.2, 0.25) is 0 Å². The van der Waals surface area contributed by atoms with E-state index in [-0.39, 0.29) is 57.2 Å². The van der Waals surface area contributed by atoms with Crippen molar-refractivity contribution in [1.29, 1.82) is 0 Å². The maximum atomic E-state index is 14.3. The van der Waals surface area contributed by atoms with Gasteiger partial charge in [-0.3, -0.25) is 4.90 Å². The third kappa shape index (κ3) is 11.1. The summed E-state index contributed by atoms with van der Waals surface area (Å²) in [6.45, 7) is 11.2. The highest BCUT2D eigenvalue weighted by atomic mass is 16.7. The standard InChI is InChI=1S/C50H63N3O9/c1-4-7-30-58-49(57)53(26-5-2)45-33-43(52-60-35-37-20-12-9-13-21-37)41-31-38(22-14-16-27-54)40(23-15-17-28-55)46-42-32-39(61-48(56)51-34-36-18-10-8-11-19-36)24-25-44(42)62-50(45,47(41)46)59-29-6-3/h4,6,8-13,18-21,24-25,31-32,38,40,45-47,54-55H,1,3,5,7,14-17,22-23,26-30,33-35H2,2H3,(H,51,56). The Morgan fingerprint density at radius 2 is 1.68 bits per heavy atom. The smallest absolute Gasteiger partial charge is 0.412 e. The van der Waals surface area contributed by atoms with Crippen LogP contribution < -0.4 is 14.8 Å². The van der Waals surface area contributed by atoms with Crippen molar-refractivity contribution in [2.75, 3.05) is 33.0 Å². The van der Waals surface area contributed by atoms with Crippen LogP contribution in [-0.4, -0.2) is 77.8 Å². The van der Waals surface area contributed by atoms with Crippen molar-refractivity contribution >= 4 is 17.9 Å². The number of carbonyl (C=O) groups excluding carboxylic acids is 2. The number of allylic oxidation sites excluding steroid dienone is 1. The van der Waals surface area contributed by atoms with Gasteiger partial charge in [-0.1, -0.05) is 104 Å². The monoisotopic (exact) mass is 849 g/mol. The van der Waals surface area contributed by atoms with Gasteiger partial charge in [0.2, 0.25) is 5.79 Å². The molecule has 62 heavy (non-hydrogen) atoms. The lowest BCUT2D eigenvalue weighted by molar-refractivity contribution is -0.255. The number of oxime groups is 1. The van der Waals surface area contributed by atoms with Crippen LogP contribution in [0.15, 0.2) is 121 Å². The van der Waals surface area contributed by atoms with Gasteiger partial charge in [-0.25, -0.2) is 9.59 Å². The topological polar surface area (TPSA) is 148 Å². The number of benzene rings is 3. The maximum Gasteiger partial charge on any atom is 0.412 e. The molecule has 3 aromatic rings. The van der Waals surface area contributed by atoms with E-state index in [2.05, 4.69) is 24.6 Å². The number of rotatable bonds is 23. The molecule has 0 radical (unpaired) electrons. The van der Waals surface area contributed by atoms with E-state index in [1.54, 1.807) is 23.1 Å². The minimum absolute atomic E-state index is 0.00471. The van der Waals surface area contributed by atoms with Gasteiger partial charge in [0.15, 0.2) is 0 Å². The number of unbranched alkanes of at least 4 members (excludes halogenated alkanes) is 2. The number of nitrogens with one attached hydrogen (secondary N) is 1. The van der Waals surface area contributed by atoms with Crippen molar-refractivity contribution in [3.63, 3.8) is 0 Å². The van der Waals surface area contributed by atoms with Crippen LogP contribution in [-0.2, 0) is 27.5 Å². The van der Waals surface area contributed by atoms with Gasteiger partial charge in [0.05, 0.1) is 24.8 Å². The molecule has 3 N–H and O–H groups in total. The van der Waals surface area contributed by atoms with Gasteiger partial charge in [0.1, 0.15) is 24.1 Å². The number of aliphatic hydroxyl groups excluding tert-OH is 2. The molecule has 0 saturated heterocycles.